The zero-order valence-electron chi connectivity index (χ0n) is 16.2. The van der Waals surface area contributed by atoms with Gasteiger partial charge in [0.05, 0.1) is 6.04 Å². The van der Waals surface area contributed by atoms with Crippen molar-refractivity contribution in [2.45, 2.75) is 58.9 Å². The normalized spacial score (nSPS) is 21.6. The van der Waals surface area contributed by atoms with Crippen molar-refractivity contribution in [3.63, 3.8) is 0 Å². The zero-order valence-corrected chi connectivity index (χ0v) is 16.2. The molecule has 1 saturated carbocycles. The monoisotopic (exact) mass is 395 g/mol. The van der Waals surface area contributed by atoms with Crippen molar-refractivity contribution < 1.29 is 18.0 Å². The highest BCUT2D eigenvalue weighted by molar-refractivity contribution is 5.77. The van der Waals surface area contributed by atoms with Crippen molar-refractivity contribution in [2.75, 3.05) is 6.54 Å². The molecule has 2 aliphatic rings. The van der Waals surface area contributed by atoms with Crippen molar-refractivity contribution in [1.82, 2.24) is 24.2 Å². The smallest absolute Gasteiger partial charge is 0.333 e. The molecule has 28 heavy (non-hydrogen) atoms. The summed E-state index contributed by atoms with van der Waals surface area (Å²) in [6.07, 6.45) is 2.88. The molecule has 0 radical (unpaired) electrons. The molecule has 0 spiro atoms. The summed E-state index contributed by atoms with van der Waals surface area (Å²) in [7, 11) is 0. The Morgan fingerprint density at radius 2 is 2.04 bits per heavy atom. The Hall–Kier alpha value is -2.32. The number of hydrogen-bond donors (Lipinski definition) is 0. The first-order chi connectivity index (χ1) is 13.1. The van der Waals surface area contributed by atoms with Crippen LogP contribution in [0.2, 0.25) is 0 Å². The van der Waals surface area contributed by atoms with Crippen LogP contribution in [0.25, 0.3) is 0 Å². The first-order valence-electron chi connectivity index (χ1n) is 9.48. The molecule has 152 valence electrons. The lowest BCUT2D eigenvalue weighted by Crippen LogP contribution is -2.59. The van der Waals surface area contributed by atoms with Crippen LogP contribution in [0.3, 0.4) is 0 Å². The van der Waals surface area contributed by atoms with E-state index in [0.717, 1.165) is 17.1 Å². The Morgan fingerprint density at radius 1 is 1.32 bits per heavy atom. The van der Waals surface area contributed by atoms with Crippen molar-refractivity contribution >= 4 is 5.91 Å². The topological polar surface area (TPSA) is 56.0 Å². The van der Waals surface area contributed by atoms with Gasteiger partial charge in [-0.25, -0.2) is 4.98 Å². The first-order valence-corrected chi connectivity index (χ1v) is 9.48. The van der Waals surface area contributed by atoms with Gasteiger partial charge in [0.25, 0.3) is 0 Å². The molecule has 0 aromatic carbocycles. The molecule has 0 bridgehead atoms. The lowest BCUT2D eigenvalue weighted by molar-refractivity contribution is -0.154. The van der Waals surface area contributed by atoms with Gasteiger partial charge in [0.15, 0.2) is 5.69 Å². The lowest BCUT2D eigenvalue weighted by Gasteiger charge is -2.53. The summed E-state index contributed by atoms with van der Waals surface area (Å²) in [6, 6.07) is -0.188. The van der Waals surface area contributed by atoms with Gasteiger partial charge in [0.2, 0.25) is 5.91 Å². The molecule has 2 fully saturated rings. The largest absolute Gasteiger partial charge is 0.435 e. The molecule has 1 amide bonds. The van der Waals surface area contributed by atoms with E-state index in [2.05, 4.69) is 28.5 Å². The lowest BCUT2D eigenvalue weighted by atomic mass is 9.74. The molecular formula is C19H24F3N5O. The molecule has 1 aliphatic carbocycles. The third-order valence-corrected chi connectivity index (χ3v) is 5.60. The average molecular weight is 395 g/mol. The quantitative estimate of drug-likeness (QED) is 0.780. The minimum absolute atomic E-state index is 0.0146. The predicted molar refractivity (Wildman–Crippen MR) is 95.2 cm³/mol. The number of likely N-dealkylation sites (tertiary alicyclic amines) is 1. The molecule has 1 atom stereocenters. The molecule has 1 saturated heterocycles. The number of aryl methyl sites for hydroxylation is 1. The van der Waals surface area contributed by atoms with E-state index in [-0.39, 0.29) is 29.5 Å². The summed E-state index contributed by atoms with van der Waals surface area (Å²) in [6.45, 7) is 6.74. The summed E-state index contributed by atoms with van der Waals surface area (Å²) >= 11 is 0. The summed E-state index contributed by atoms with van der Waals surface area (Å²) in [5.41, 5.74) is -1.07. The van der Waals surface area contributed by atoms with E-state index in [1.54, 1.807) is 11.1 Å². The molecular weight excluding hydrogens is 371 g/mol. The maximum absolute atomic E-state index is 13.0. The number of hydrogen-bond acceptors (Lipinski definition) is 3. The Balaban J connectivity index is 1.52. The molecule has 6 nitrogen and oxygen atoms in total. The highest BCUT2D eigenvalue weighted by Crippen LogP contribution is 2.48. The summed E-state index contributed by atoms with van der Waals surface area (Å²) < 4.78 is 42.1. The Bertz CT molecular complexity index is 894. The number of imidazole rings is 1. The Morgan fingerprint density at radius 3 is 2.61 bits per heavy atom. The second-order valence-corrected chi connectivity index (χ2v) is 8.65. The number of carbonyl (C=O) groups is 1. The molecule has 4 rings (SSSR count). The number of aromatic nitrogens is 4. The third kappa shape index (κ3) is 3.42. The van der Waals surface area contributed by atoms with Crippen LogP contribution in [0, 0.1) is 18.3 Å². The van der Waals surface area contributed by atoms with Gasteiger partial charge in [-0.15, -0.1) is 0 Å². The van der Waals surface area contributed by atoms with Gasteiger partial charge >= 0.3 is 6.18 Å². The van der Waals surface area contributed by atoms with Crippen LogP contribution in [0.4, 0.5) is 13.2 Å². The molecule has 9 heteroatoms. The fraction of sp³-hybridized carbons (Fsp3) is 0.632. The fourth-order valence-corrected chi connectivity index (χ4v) is 4.06. The average Bonchev–Trinajstić information content (AvgIpc) is 3.15. The number of halogens is 3. The minimum Gasteiger partial charge on any atom is -0.333 e. The summed E-state index contributed by atoms with van der Waals surface area (Å²) in [5, 5.41) is 3.57. The van der Waals surface area contributed by atoms with Gasteiger partial charge in [0, 0.05) is 37.1 Å². The van der Waals surface area contributed by atoms with Crippen LogP contribution >= 0.6 is 0 Å². The number of carbonyl (C=O) groups excluding carboxylic acids is 1. The predicted octanol–water partition coefficient (Wildman–Crippen LogP) is 3.43. The van der Waals surface area contributed by atoms with Gasteiger partial charge in [-0.3, -0.25) is 9.48 Å². The van der Waals surface area contributed by atoms with Crippen LogP contribution in [0.15, 0.2) is 18.6 Å². The highest BCUT2D eigenvalue weighted by atomic mass is 19.4. The van der Waals surface area contributed by atoms with Crippen molar-refractivity contribution in [1.29, 1.82) is 0 Å². The number of alkyl halides is 3. The molecule has 0 N–H and O–H groups in total. The number of amides is 1. The van der Waals surface area contributed by atoms with Crippen LogP contribution in [0.1, 0.15) is 49.8 Å². The number of nitrogens with zero attached hydrogens (tertiary/aromatic N) is 5. The van der Waals surface area contributed by atoms with E-state index in [0.29, 0.717) is 12.5 Å². The van der Waals surface area contributed by atoms with E-state index in [4.69, 9.17) is 0 Å². The molecule has 1 aliphatic heterocycles. The third-order valence-electron chi connectivity index (χ3n) is 5.60. The zero-order chi connectivity index (χ0) is 20.3. The van der Waals surface area contributed by atoms with Crippen molar-refractivity contribution in [3.8, 4) is 0 Å². The van der Waals surface area contributed by atoms with E-state index in [1.807, 2.05) is 6.20 Å². The first kappa shape index (κ1) is 19.0. The van der Waals surface area contributed by atoms with Gasteiger partial charge in [-0.2, -0.15) is 18.3 Å². The maximum Gasteiger partial charge on any atom is 0.435 e. The summed E-state index contributed by atoms with van der Waals surface area (Å²) in [4.78, 5) is 19.1. The van der Waals surface area contributed by atoms with E-state index < -0.39 is 11.9 Å². The second-order valence-electron chi connectivity index (χ2n) is 8.65. The second kappa shape index (κ2) is 6.35. The number of rotatable bonds is 5. The van der Waals surface area contributed by atoms with Crippen LogP contribution in [0.5, 0.6) is 0 Å². The minimum atomic E-state index is -4.52. The van der Waals surface area contributed by atoms with E-state index in [9.17, 15) is 18.0 Å². The standard InChI is InChI=1S/C19H24F3N5O/c1-12-8-26(24-15(12)19(20,21)22)10-14(28)27-11-18(2,3)16(27)17-23-6-7-25(17)9-13-4-5-13/h6-8,13,16H,4-5,9-11H2,1-3H3. The Kier molecular flexibility index (Phi) is 4.31. The Labute approximate surface area is 161 Å². The molecule has 2 aromatic rings. The van der Waals surface area contributed by atoms with Gasteiger partial charge in [-0.1, -0.05) is 13.8 Å². The van der Waals surface area contributed by atoms with Crippen LogP contribution in [-0.4, -0.2) is 36.7 Å². The molecule has 3 heterocycles. The highest BCUT2D eigenvalue weighted by Gasteiger charge is 2.51. The van der Waals surface area contributed by atoms with Crippen molar-refractivity contribution in [3.05, 3.63) is 35.7 Å². The van der Waals surface area contributed by atoms with Crippen LogP contribution < -0.4 is 0 Å². The molecule has 1 unspecified atom stereocenters. The SMILES string of the molecule is Cc1cn(CC(=O)N2CC(C)(C)C2c2nccn2CC2CC2)nc1C(F)(F)F. The fourth-order valence-electron chi connectivity index (χ4n) is 4.06. The van der Waals surface area contributed by atoms with Gasteiger partial charge in [-0.05, 0) is 31.2 Å². The van der Waals surface area contributed by atoms with Crippen molar-refractivity contribution in [2.24, 2.45) is 11.3 Å². The van der Waals surface area contributed by atoms with Crippen LogP contribution in [-0.2, 0) is 24.1 Å². The van der Waals surface area contributed by atoms with Gasteiger partial charge < -0.3 is 9.47 Å². The summed E-state index contributed by atoms with van der Waals surface area (Å²) in [5.74, 6) is 1.28. The molecule has 2 aromatic heterocycles. The van der Waals surface area contributed by atoms with E-state index >= 15 is 0 Å². The van der Waals surface area contributed by atoms with E-state index in [1.165, 1.54) is 26.0 Å². The maximum atomic E-state index is 13.0. The van der Waals surface area contributed by atoms with Gasteiger partial charge in [0.1, 0.15) is 12.4 Å².